The van der Waals surface area contributed by atoms with Crippen LogP contribution < -0.4 is 5.01 Å². The molecule has 1 aromatic rings. The first kappa shape index (κ1) is 12.5. The summed E-state index contributed by atoms with van der Waals surface area (Å²) in [5.74, 6) is -0.864. The Morgan fingerprint density at radius 3 is 2.50 bits per heavy atom. The Hall–Kier alpha value is -1.97. The Morgan fingerprint density at radius 2 is 1.94 bits per heavy atom. The van der Waals surface area contributed by atoms with Crippen LogP contribution in [-0.4, -0.2) is 17.4 Å². The standard InChI is InChI=1S/C14H16N2O2/c1-9(11(3)17)13-10(2)15-16(14(13)18)12-7-5-4-6-8-12/h4-9,13H,1-3H3. The van der Waals surface area contributed by atoms with Gasteiger partial charge in [-0.15, -0.1) is 0 Å². The topological polar surface area (TPSA) is 49.7 Å². The summed E-state index contributed by atoms with van der Waals surface area (Å²) in [6, 6.07) is 9.26. The van der Waals surface area contributed by atoms with Crippen molar-refractivity contribution in [1.82, 2.24) is 0 Å². The summed E-state index contributed by atoms with van der Waals surface area (Å²) in [6.45, 7) is 5.08. The van der Waals surface area contributed by atoms with Gasteiger partial charge in [0.1, 0.15) is 5.78 Å². The van der Waals surface area contributed by atoms with Crippen LogP contribution in [0.3, 0.4) is 0 Å². The number of ketones is 1. The molecule has 4 heteroatoms. The molecule has 2 unspecified atom stereocenters. The van der Waals surface area contributed by atoms with Gasteiger partial charge in [-0.3, -0.25) is 9.59 Å². The molecule has 0 fully saturated rings. The number of Topliss-reactive ketones (excluding diaryl/α,β-unsaturated/α-hetero) is 1. The molecule has 2 atom stereocenters. The first-order valence-corrected chi connectivity index (χ1v) is 5.97. The highest BCUT2D eigenvalue weighted by atomic mass is 16.2. The van der Waals surface area contributed by atoms with Crippen molar-refractivity contribution in [1.29, 1.82) is 0 Å². The summed E-state index contributed by atoms with van der Waals surface area (Å²) < 4.78 is 0. The van der Waals surface area contributed by atoms with Gasteiger partial charge in [0.25, 0.3) is 5.91 Å². The minimum Gasteiger partial charge on any atom is -0.300 e. The van der Waals surface area contributed by atoms with E-state index in [0.717, 1.165) is 5.69 Å². The average molecular weight is 244 g/mol. The Balaban J connectivity index is 2.30. The van der Waals surface area contributed by atoms with Crippen LogP contribution >= 0.6 is 0 Å². The van der Waals surface area contributed by atoms with Crippen molar-refractivity contribution >= 4 is 23.1 Å². The molecule has 0 radical (unpaired) electrons. The zero-order valence-electron chi connectivity index (χ0n) is 10.8. The van der Waals surface area contributed by atoms with Gasteiger partial charge >= 0.3 is 0 Å². The number of carbonyl (C=O) groups is 2. The van der Waals surface area contributed by atoms with Gasteiger partial charge in [0, 0.05) is 11.6 Å². The molecular weight excluding hydrogens is 228 g/mol. The number of benzene rings is 1. The lowest BCUT2D eigenvalue weighted by Crippen LogP contribution is -2.33. The van der Waals surface area contributed by atoms with Crippen LogP contribution in [0.25, 0.3) is 0 Å². The van der Waals surface area contributed by atoms with Crippen LogP contribution in [0.5, 0.6) is 0 Å². The lowest BCUT2D eigenvalue weighted by atomic mass is 9.87. The molecular formula is C14H16N2O2. The minimum absolute atomic E-state index is 0.0119. The summed E-state index contributed by atoms with van der Waals surface area (Å²) in [7, 11) is 0. The maximum absolute atomic E-state index is 12.3. The molecule has 0 aromatic heterocycles. The van der Waals surface area contributed by atoms with Crippen LogP contribution in [0.1, 0.15) is 20.8 Å². The molecule has 0 saturated carbocycles. The molecule has 18 heavy (non-hydrogen) atoms. The molecule has 1 heterocycles. The van der Waals surface area contributed by atoms with Crippen molar-refractivity contribution < 1.29 is 9.59 Å². The molecule has 0 saturated heterocycles. The van der Waals surface area contributed by atoms with Gasteiger partial charge in [0.2, 0.25) is 0 Å². The number of carbonyl (C=O) groups excluding carboxylic acids is 2. The van der Waals surface area contributed by atoms with Crippen molar-refractivity contribution in [3.8, 4) is 0 Å². The van der Waals surface area contributed by atoms with Crippen molar-refractivity contribution in [3.05, 3.63) is 30.3 Å². The molecule has 0 N–H and O–H groups in total. The van der Waals surface area contributed by atoms with E-state index in [1.807, 2.05) is 30.3 Å². The number of hydrogen-bond donors (Lipinski definition) is 0. The fraction of sp³-hybridized carbons (Fsp3) is 0.357. The van der Waals surface area contributed by atoms with Crippen molar-refractivity contribution in [2.45, 2.75) is 20.8 Å². The smallest absolute Gasteiger partial charge is 0.256 e. The van der Waals surface area contributed by atoms with E-state index in [2.05, 4.69) is 5.10 Å². The third kappa shape index (κ3) is 2.06. The van der Waals surface area contributed by atoms with E-state index in [1.165, 1.54) is 11.9 Å². The Morgan fingerprint density at radius 1 is 1.33 bits per heavy atom. The fourth-order valence-electron chi connectivity index (χ4n) is 2.14. The second-order valence-corrected chi connectivity index (χ2v) is 4.60. The Kier molecular flexibility index (Phi) is 3.28. The van der Waals surface area contributed by atoms with Crippen molar-refractivity contribution in [2.75, 3.05) is 5.01 Å². The average Bonchev–Trinajstić information content (AvgIpc) is 2.65. The largest absolute Gasteiger partial charge is 0.300 e. The highest BCUT2D eigenvalue weighted by Crippen LogP contribution is 2.28. The van der Waals surface area contributed by atoms with Gasteiger partial charge in [-0.25, -0.2) is 5.01 Å². The van der Waals surface area contributed by atoms with Gasteiger partial charge in [-0.1, -0.05) is 25.1 Å². The number of hydrazone groups is 1. The van der Waals surface area contributed by atoms with Gasteiger partial charge in [0.15, 0.2) is 0 Å². The highest BCUT2D eigenvalue weighted by Gasteiger charge is 2.39. The zero-order chi connectivity index (χ0) is 13.3. The van der Waals surface area contributed by atoms with E-state index in [4.69, 9.17) is 0 Å². The normalized spacial score (nSPS) is 20.8. The van der Waals surface area contributed by atoms with Gasteiger partial charge in [-0.05, 0) is 26.0 Å². The third-order valence-electron chi connectivity index (χ3n) is 3.32. The number of anilines is 1. The Bertz CT molecular complexity index is 508. The summed E-state index contributed by atoms with van der Waals surface area (Å²) >= 11 is 0. The monoisotopic (exact) mass is 244 g/mol. The number of nitrogens with zero attached hydrogens (tertiary/aromatic N) is 2. The second-order valence-electron chi connectivity index (χ2n) is 4.60. The summed E-state index contributed by atoms with van der Waals surface area (Å²) in [6.07, 6.45) is 0. The predicted octanol–water partition coefficient (Wildman–Crippen LogP) is 2.25. The quantitative estimate of drug-likeness (QED) is 0.818. The number of rotatable bonds is 3. The van der Waals surface area contributed by atoms with E-state index in [0.29, 0.717) is 5.71 Å². The molecule has 0 aliphatic carbocycles. The first-order valence-electron chi connectivity index (χ1n) is 5.97. The lowest BCUT2D eigenvalue weighted by Gasteiger charge is -2.17. The molecule has 2 rings (SSSR count). The van der Waals surface area contributed by atoms with Crippen LogP contribution in [0.2, 0.25) is 0 Å². The van der Waals surface area contributed by atoms with Crippen molar-refractivity contribution in [3.63, 3.8) is 0 Å². The van der Waals surface area contributed by atoms with Gasteiger partial charge in [0.05, 0.1) is 11.6 Å². The SMILES string of the molecule is CC(=O)C(C)C1C(=O)N(c2ccccc2)N=C1C. The van der Waals surface area contributed by atoms with Crippen LogP contribution in [0.4, 0.5) is 5.69 Å². The maximum Gasteiger partial charge on any atom is 0.256 e. The number of amides is 1. The van der Waals surface area contributed by atoms with E-state index in [9.17, 15) is 9.59 Å². The molecule has 1 amide bonds. The highest BCUT2D eigenvalue weighted by molar-refractivity contribution is 6.16. The van der Waals surface area contributed by atoms with Gasteiger partial charge < -0.3 is 0 Å². The molecule has 0 bridgehead atoms. The van der Waals surface area contributed by atoms with Gasteiger partial charge in [-0.2, -0.15) is 5.10 Å². The lowest BCUT2D eigenvalue weighted by molar-refractivity contribution is -0.127. The third-order valence-corrected chi connectivity index (χ3v) is 3.32. The molecule has 94 valence electrons. The molecule has 1 aliphatic heterocycles. The zero-order valence-corrected chi connectivity index (χ0v) is 10.8. The fourth-order valence-corrected chi connectivity index (χ4v) is 2.14. The summed E-state index contributed by atoms with van der Waals surface area (Å²) in [5, 5.41) is 5.66. The van der Waals surface area contributed by atoms with E-state index < -0.39 is 5.92 Å². The van der Waals surface area contributed by atoms with Crippen LogP contribution in [0.15, 0.2) is 35.4 Å². The molecule has 4 nitrogen and oxygen atoms in total. The Labute approximate surface area is 106 Å². The number of para-hydroxylation sites is 1. The van der Waals surface area contributed by atoms with E-state index >= 15 is 0 Å². The van der Waals surface area contributed by atoms with Crippen molar-refractivity contribution in [2.24, 2.45) is 16.9 Å². The first-order chi connectivity index (χ1) is 8.52. The van der Waals surface area contributed by atoms with E-state index in [1.54, 1.807) is 13.8 Å². The molecule has 1 aliphatic rings. The molecule has 1 aromatic carbocycles. The van der Waals surface area contributed by atoms with Crippen LogP contribution in [-0.2, 0) is 9.59 Å². The van der Waals surface area contributed by atoms with E-state index in [-0.39, 0.29) is 17.6 Å². The molecule has 0 spiro atoms. The number of hydrogen-bond acceptors (Lipinski definition) is 3. The predicted molar refractivity (Wildman–Crippen MR) is 70.4 cm³/mol. The summed E-state index contributed by atoms with van der Waals surface area (Å²) in [4.78, 5) is 23.8. The minimum atomic E-state index is -0.428. The maximum atomic E-state index is 12.3. The van der Waals surface area contributed by atoms with Crippen LogP contribution in [0, 0.1) is 11.8 Å². The second kappa shape index (κ2) is 4.72. The summed E-state index contributed by atoms with van der Waals surface area (Å²) in [5.41, 5.74) is 1.44.